The van der Waals surface area contributed by atoms with Gasteiger partial charge in [0, 0.05) is 11.8 Å². The molecule has 4 rings (SSSR count). The molecule has 2 aromatic carbocycles. The Kier molecular flexibility index (Phi) is 4.08. The second-order valence-corrected chi connectivity index (χ2v) is 6.06. The Hall–Kier alpha value is -3.68. The number of aryl methyl sites for hydroxylation is 2. The Morgan fingerprint density at radius 1 is 1.07 bits per heavy atom. The lowest BCUT2D eigenvalue weighted by atomic mass is 10.2. The highest BCUT2D eigenvalue weighted by atomic mass is 19.1. The van der Waals surface area contributed by atoms with Crippen LogP contribution in [0.3, 0.4) is 0 Å². The highest BCUT2D eigenvalue weighted by Gasteiger charge is 2.13. The number of hydrogen-bond acceptors (Lipinski definition) is 6. The van der Waals surface area contributed by atoms with Crippen LogP contribution in [0.5, 0.6) is 0 Å². The van der Waals surface area contributed by atoms with Gasteiger partial charge < -0.3 is 9.73 Å². The predicted octanol–water partition coefficient (Wildman–Crippen LogP) is 3.76. The van der Waals surface area contributed by atoms with Gasteiger partial charge in [-0.2, -0.15) is 9.66 Å². The summed E-state index contributed by atoms with van der Waals surface area (Å²) in [6.45, 7) is 3.59. The zero-order valence-corrected chi connectivity index (χ0v) is 14.7. The third-order valence-corrected chi connectivity index (χ3v) is 4.13. The maximum absolute atomic E-state index is 14.1. The second-order valence-electron chi connectivity index (χ2n) is 6.06. The number of para-hydroxylation sites is 3. The first-order chi connectivity index (χ1) is 13.0. The molecule has 2 N–H and O–H groups in total. The number of hydrogen-bond donors (Lipinski definition) is 2. The summed E-state index contributed by atoms with van der Waals surface area (Å²) in [7, 11) is 0. The van der Waals surface area contributed by atoms with Crippen LogP contribution in [0.25, 0.3) is 11.1 Å². The summed E-state index contributed by atoms with van der Waals surface area (Å²) in [4.78, 5) is 20.7. The lowest BCUT2D eigenvalue weighted by Crippen LogP contribution is -2.23. The molecule has 0 saturated heterocycles. The molecule has 0 amide bonds. The third kappa shape index (κ3) is 3.12. The first kappa shape index (κ1) is 16.8. The molecule has 7 nitrogen and oxygen atoms in total. The molecule has 2 aromatic heterocycles. The normalized spacial score (nSPS) is 10.9. The van der Waals surface area contributed by atoms with Crippen LogP contribution in [0.15, 0.2) is 57.9 Å². The summed E-state index contributed by atoms with van der Waals surface area (Å²) in [6.07, 6.45) is 1.58. The number of oxazole rings is 1. The topological polar surface area (TPSA) is 85.0 Å². The summed E-state index contributed by atoms with van der Waals surface area (Å²) in [6, 6.07) is 11.8. The first-order valence-electron chi connectivity index (χ1n) is 8.26. The van der Waals surface area contributed by atoms with Crippen molar-refractivity contribution in [3.63, 3.8) is 0 Å². The molecule has 0 atom stereocenters. The highest BCUT2D eigenvalue weighted by Crippen LogP contribution is 2.23. The largest absolute Gasteiger partial charge is 0.439 e. The number of nitrogens with one attached hydrogen (secondary N) is 2. The maximum Gasteiger partial charge on any atom is 0.439 e. The summed E-state index contributed by atoms with van der Waals surface area (Å²) in [5.74, 6) is -0.355. The van der Waals surface area contributed by atoms with Gasteiger partial charge in [0.25, 0.3) is 0 Å². The molecule has 0 spiro atoms. The zero-order valence-electron chi connectivity index (χ0n) is 14.7. The van der Waals surface area contributed by atoms with Crippen molar-refractivity contribution in [2.75, 3.05) is 10.7 Å². The number of fused-ring (bicyclic) bond motifs is 1. The van der Waals surface area contributed by atoms with E-state index in [0.29, 0.717) is 28.2 Å². The molecule has 0 radical (unpaired) electrons. The Labute approximate surface area is 153 Å². The second kappa shape index (κ2) is 6.56. The van der Waals surface area contributed by atoms with Crippen molar-refractivity contribution in [1.29, 1.82) is 0 Å². The van der Waals surface area contributed by atoms with Crippen molar-refractivity contribution in [3.05, 3.63) is 76.2 Å². The first-order valence-corrected chi connectivity index (χ1v) is 8.26. The van der Waals surface area contributed by atoms with Crippen molar-refractivity contribution in [3.8, 4) is 0 Å². The summed E-state index contributed by atoms with van der Waals surface area (Å²) in [5.41, 5.74) is 5.73. The molecule has 0 aliphatic carbocycles. The van der Waals surface area contributed by atoms with E-state index in [0.717, 1.165) is 5.56 Å². The van der Waals surface area contributed by atoms with E-state index in [-0.39, 0.29) is 5.95 Å². The molecule has 8 heteroatoms. The SMILES string of the molecule is Cc1cnc(Nc2c(C)cccc2F)nc1Nn1c(=O)oc2ccccc21. The van der Waals surface area contributed by atoms with Crippen molar-refractivity contribution >= 4 is 28.6 Å². The summed E-state index contributed by atoms with van der Waals surface area (Å²) >= 11 is 0. The van der Waals surface area contributed by atoms with Crippen LogP contribution in [0.4, 0.5) is 21.8 Å². The van der Waals surface area contributed by atoms with E-state index in [4.69, 9.17) is 4.42 Å². The number of aromatic nitrogens is 3. The quantitative estimate of drug-likeness (QED) is 0.573. The Morgan fingerprint density at radius 3 is 2.70 bits per heavy atom. The van der Waals surface area contributed by atoms with Crippen LogP contribution < -0.4 is 16.5 Å². The highest BCUT2D eigenvalue weighted by molar-refractivity contribution is 5.73. The van der Waals surface area contributed by atoms with E-state index in [2.05, 4.69) is 20.7 Å². The van der Waals surface area contributed by atoms with Gasteiger partial charge in [0.15, 0.2) is 11.4 Å². The van der Waals surface area contributed by atoms with Gasteiger partial charge in [-0.1, -0.05) is 24.3 Å². The number of halogens is 1. The molecule has 2 heterocycles. The van der Waals surface area contributed by atoms with Crippen molar-refractivity contribution in [2.24, 2.45) is 0 Å². The van der Waals surface area contributed by atoms with Crippen LogP contribution in [0, 0.1) is 19.7 Å². The smallest absolute Gasteiger partial charge is 0.406 e. The van der Waals surface area contributed by atoms with Gasteiger partial charge >= 0.3 is 5.76 Å². The molecule has 4 aromatic rings. The average Bonchev–Trinajstić information content (AvgIpc) is 2.96. The molecular formula is C19H16FN5O2. The summed E-state index contributed by atoms with van der Waals surface area (Å²) < 4.78 is 20.5. The van der Waals surface area contributed by atoms with Crippen molar-refractivity contribution < 1.29 is 8.81 Å². The monoisotopic (exact) mass is 365 g/mol. The Morgan fingerprint density at radius 2 is 1.89 bits per heavy atom. The van der Waals surface area contributed by atoms with E-state index in [1.54, 1.807) is 56.4 Å². The van der Waals surface area contributed by atoms with Crippen molar-refractivity contribution in [2.45, 2.75) is 13.8 Å². The standard InChI is InChI=1S/C19H16FN5O2/c1-11-6-5-7-13(20)16(11)22-18-21-10-12(2)17(23-18)24-25-14-8-3-4-9-15(14)27-19(25)26/h3-10H,1-2H3,(H2,21,22,23,24). The number of nitrogens with zero attached hydrogens (tertiary/aromatic N) is 3. The van der Waals surface area contributed by atoms with Gasteiger partial charge in [-0.25, -0.2) is 14.2 Å². The number of rotatable bonds is 4. The van der Waals surface area contributed by atoms with Gasteiger partial charge in [0.2, 0.25) is 5.95 Å². The third-order valence-electron chi connectivity index (χ3n) is 4.13. The van der Waals surface area contributed by atoms with Crippen LogP contribution in [-0.2, 0) is 0 Å². The minimum Gasteiger partial charge on any atom is -0.406 e. The molecule has 136 valence electrons. The van der Waals surface area contributed by atoms with E-state index in [1.807, 2.05) is 0 Å². The fraction of sp³-hybridized carbons (Fsp3) is 0.105. The van der Waals surface area contributed by atoms with E-state index >= 15 is 0 Å². The lowest BCUT2D eigenvalue weighted by Gasteiger charge is -2.12. The van der Waals surface area contributed by atoms with E-state index < -0.39 is 11.6 Å². The Balaban J connectivity index is 1.71. The minimum atomic E-state index is -0.561. The Bertz CT molecular complexity index is 1180. The molecule has 0 saturated carbocycles. The zero-order chi connectivity index (χ0) is 19.0. The molecule has 0 fully saturated rings. The maximum atomic E-state index is 14.1. The van der Waals surface area contributed by atoms with Crippen LogP contribution in [0.2, 0.25) is 0 Å². The van der Waals surface area contributed by atoms with Crippen LogP contribution in [-0.4, -0.2) is 14.6 Å². The van der Waals surface area contributed by atoms with Gasteiger partial charge in [-0.05, 0) is 37.6 Å². The number of anilines is 3. The number of benzene rings is 2. The molecule has 0 aliphatic rings. The molecule has 27 heavy (non-hydrogen) atoms. The van der Waals surface area contributed by atoms with Gasteiger partial charge in [-0.15, -0.1) is 0 Å². The van der Waals surface area contributed by atoms with E-state index in [9.17, 15) is 9.18 Å². The minimum absolute atomic E-state index is 0.206. The predicted molar refractivity (Wildman–Crippen MR) is 101 cm³/mol. The lowest BCUT2D eigenvalue weighted by molar-refractivity contribution is 0.532. The summed E-state index contributed by atoms with van der Waals surface area (Å²) in [5, 5.41) is 2.89. The molecule has 0 unspecified atom stereocenters. The van der Waals surface area contributed by atoms with E-state index in [1.165, 1.54) is 10.7 Å². The van der Waals surface area contributed by atoms with Gasteiger partial charge in [-0.3, -0.25) is 5.43 Å². The molecule has 0 aliphatic heterocycles. The molecule has 0 bridgehead atoms. The van der Waals surface area contributed by atoms with Gasteiger partial charge in [0.1, 0.15) is 11.3 Å². The molecular weight excluding hydrogens is 349 g/mol. The van der Waals surface area contributed by atoms with Crippen LogP contribution in [0.1, 0.15) is 11.1 Å². The van der Waals surface area contributed by atoms with Crippen molar-refractivity contribution in [1.82, 2.24) is 14.6 Å². The fourth-order valence-corrected chi connectivity index (χ4v) is 2.70. The van der Waals surface area contributed by atoms with Crippen LogP contribution >= 0.6 is 0 Å². The average molecular weight is 365 g/mol. The van der Waals surface area contributed by atoms with Gasteiger partial charge in [0.05, 0.1) is 5.69 Å². The fourth-order valence-electron chi connectivity index (χ4n) is 2.70.